The van der Waals surface area contributed by atoms with Gasteiger partial charge in [0.15, 0.2) is 5.13 Å². The van der Waals surface area contributed by atoms with Crippen molar-refractivity contribution in [3.8, 4) is 17.0 Å². The van der Waals surface area contributed by atoms with Crippen molar-refractivity contribution in [3.05, 3.63) is 58.4 Å². The van der Waals surface area contributed by atoms with Crippen molar-refractivity contribution >= 4 is 38.1 Å². The Morgan fingerprint density at radius 2 is 1.80 bits per heavy atom. The number of anilines is 2. The summed E-state index contributed by atoms with van der Waals surface area (Å²) in [5.74, 6) is 0.244. The molecule has 0 radical (unpaired) electrons. The van der Waals surface area contributed by atoms with E-state index in [1.165, 1.54) is 11.3 Å². The molecular formula is C15H11BrN2OS. The van der Waals surface area contributed by atoms with E-state index in [0.717, 1.165) is 26.5 Å². The molecule has 100 valence electrons. The molecule has 2 aromatic carbocycles. The molecule has 0 fully saturated rings. The third kappa shape index (κ3) is 2.84. The van der Waals surface area contributed by atoms with Gasteiger partial charge in [0.25, 0.3) is 0 Å². The molecule has 0 saturated heterocycles. The Kier molecular flexibility index (Phi) is 3.71. The molecule has 0 aliphatic carbocycles. The maximum Gasteiger partial charge on any atom is 0.187 e. The van der Waals surface area contributed by atoms with Gasteiger partial charge in [0.05, 0.1) is 5.69 Å². The van der Waals surface area contributed by atoms with E-state index in [1.54, 1.807) is 12.1 Å². The monoisotopic (exact) mass is 346 g/mol. The summed E-state index contributed by atoms with van der Waals surface area (Å²) < 4.78 is 1.04. The zero-order chi connectivity index (χ0) is 13.9. The molecule has 0 aliphatic rings. The van der Waals surface area contributed by atoms with Crippen LogP contribution in [0.25, 0.3) is 11.3 Å². The number of aromatic nitrogens is 1. The number of thiazole rings is 1. The Morgan fingerprint density at radius 3 is 2.55 bits per heavy atom. The van der Waals surface area contributed by atoms with Crippen LogP contribution in [0.15, 0.2) is 58.4 Å². The van der Waals surface area contributed by atoms with Crippen LogP contribution in [-0.4, -0.2) is 10.1 Å². The zero-order valence-electron chi connectivity index (χ0n) is 10.4. The average molecular weight is 347 g/mol. The smallest absolute Gasteiger partial charge is 0.187 e. The topological polar surface area (TPSA) is 45.1 Å². The van der Waals surface area contributed by atoms with Crippen LogP contribution in [0.3, 0.4) is 0 Å². The third-order valence-corrected chi connectivity index (χ3v) is 4.07. The van der Waals surface area contributed by atoms with Gasteiger partial charge in [-0.05, 0) is 36.4 Å². The van der Waals surface area contributed by atoms with E-state index in [-0.39, 0.29) is 5.75 Å². The summed E-state index contributed by atoms with van der Waals surface area (Å²) in [6, 6.07) is 15.1. The second-order valence-corrected chi connectivity index (χ2v) is 5.96. The highest BCUT2D eigenvalue weighted by Crippen LogP contribution is 2.32. The summed E-state index contributed by atoms with van der Waals surface area (Å²) in [5, 5.41) is 15.8. The first-order chi connectivity index (χ1) is 9.72. The number of nitrogens with zero attached hydrogens (tertiary/aromatic N) is 1. The zero-order valence-corrected chi connectivity index (χ0v) is 12.8. The van der Waals surface area contributed by atoms with Crippen molar-refractivity contribution in [1.29, 1.82) is 0 Å². The average Bonchev–Trinajstić information content (AvgIpc) is 2.90. The molecule has 20 heavy (non-hydrogen) atoms. The molecule has 3 rings (SSSR count). The first-order valence-electron chi connectivity index (χ1n) is 5.99. The van der Waals surface area contributed by atoms with Crippen LogP contribution in [0.5, 0.6) is 5.75 Å². The summed E-state index contributed by atoms with van der Waals surface area (Å²) in [6.07, 6.45) is 0. The van der Waals surface area contributed by atoms with Gasteiger partial charge in [-0.1, -0.05) is 28.1 Å². The number of nitrogens with one attached hydrogen (secondary N) is 1. The SMILES string of the molecule is Oc1ccccc1-c1csc(Nc2ccc(Br)cc2)n1. The molecule has 0 aliphatic heterocycles. The number of para-hydroxylation sites is 1. The fraction of sp³-hybridized carbons (Fsp3) is 0. The Morgan fingerprint density at radius 1 is 1.05 bits per heavy atom. The second-order valence-electron chi connectivity index (χ2n) is 4.19. The fourth-order valence-electron chi connectivity index (χ4n) is 1.80. The maximum atomic E-state index is 9.83. The molecule has 0 spiro atoms. The minimum Gasteiger partial charge on any atom is -0.507 e. The fourth-order valence-corrected chi connectivity index (χ4v) is 2.80. The van der Waals surface area contributed by atoms with E-state index >= 15 is 0 Å². The first kappa shape index (κ1) is 13.1. The lowest BCUT2D eigenvalue weighted by Crippen LogP contribution is -1.89. The van der Waals surface area contributed by atoms with Gasteiger partial charge in [-0.3, -0.25) is 0 Å². The largest absolute Gasteiger partial charge is 0.507 e. The van der Waals surface area contributed by atoms with Crippen molar-refractivity contribution in [2.45, 2.75) is 0 Å². The molecule has 0 atom stereocenters. The van der Waals surface area contributed by atoms with Gasteiger partial charge in [-0.25, -0.2) is 4.98 Å². The summed E-state index contributed by atoms with van der Waals surface area (Å²) in [4.78, 5) is 4.49. The minimum atomic E-state index is 0.244. The summed E-state index contributed by atoms with van der Waals surface area (Å²) in [6.45, 7) is 0. The van der Waals surface area contributed by atoms with E-state index in [0.29, 0.717) is 0 Å². The molecule has 0 unspecified atom stereocenters. The van der Waals surface area contributed by atoms with E-state index in [4.69, 9.17) is 0 Å². The number of phenolic OH excluding ortho intramolecular Hbond substituents is 1. The van der Waals surface area contributed by atoms with Gasteiger partial charge in [0.1, 0.15) is 5.75 Å². The maximum absolute atomic E-state index is 9.83. The number of rotatable bonds is 3. The number of halogens is 1. The Balaban J connectivity index is 1.84. The van der Waals surface area contributed by atoms with Crippen LogP contribution < -0.4 is 5.32 Å². The van der Waals surface area contributed by atoms with Gasteiger partial charge < -0.3 is 10.4 Å². The molecule has 0 saturated carbocycles. The summed E-state index contributed by atoms with van der Waals surface area (Å²) >= 11 is 4.91. The highest BCUT2D eigenvalue weighted by Gasteiger charge is 2.08. The Hall–Kier alpha value is -1.85. The third-order valence-electron chi connectivity index (χ3n) is 2.78. The summed E-state index contributed by atoms with van der Waals surface area (Å²) in [5.41, 5.74) is 2.49. The van der Waals surface area contributed by atoms with E-state index in [1.807, 2.05) is 41.8 Å². The quantitative estimate of drug-likeness (QED) is 0.699. The normalized spacial score (nSPS) is 10.4. The van der Waals surface area contributed by atoms with Crippen LogP contribution in [0.1, 0.15) is 0 Å². The molecule has 1 aromatic heterocycles. The van der Waals surface area contributed by atoms with Crippen molar-refractivity contribution in [3.63, 3.8) is 0 Å². The lowest BCUT2D eigenvalue weighted by atomic mass is 10.1. The highest BCUT2D eigenvalue weighted by molar-refractivity contribution is 9.10. The van der Waals surface area contributed by atoms with Crippen LogP contribution in [-0.2, 0) is 0 Å². The Bertz CT molecular complexity index is 725. The van der Waals surface area contributed by atoms with E-state index < -0.39 is 0 Å². The van der Waals surface area contributed by atoms with E-state index in [9.17, 15) is 5.11 Å². The number of benzene rings is 2. The highest BCUT2D eigenvalue weighted by atomic mass is 79.9. The molecule has 0 amide bonds. The van der Waals surface area contributed by atoms with Crippen LogP contribution >= 0.6 is 27.3 Å². The lowest BCUT2D eigenvalue weighted by Gasteiger charge is -2.02. The number of aromatic hydroxyl groups is 1. The van der Waals surface area contributed by atoms with Crippen molar-refractivity contribution in [1.82, 2.24) is 4.98 Å². The lowest BCUT2D eigenvalue weighted by molar-refractivity contribution is 0.477. The van der Waals surface area contributed by atoms with Gasteiger partial charge in [-0.15, -0.1) is 11.3 Å². The van der Waals surface area contributed by atoms with Gasteiger partial charge in [0.2, 0.25) is 0 Å². The molecule has 1 heterocycles. The first-order valence-corrected chi connectivity index (χ1v) is 7.66. The molecular weight excluding hydrogens is 336 g/mol. The Labute approximate surface area is 129 Å². The predicted molar refractivity (Wildman–Crippen MR) is 86.6 cm³/mol. The number of hydrogen-bond acceptors (Lipinski definition) is 4. The molecule has 3 nitrogen and oxygen atoms in total. The van der Waals surface area contributed by atoms with Gasteiger partial charge in [-0.2, -0.15) is 0 Å². The minimum absolute atomic E-state index is 0.244. The molecule has 3 aromatic rings. The van der Waals surface area contributed by atoms with Gasteiger partial charge >= 0.3 is 0 Å². The van der Waals surface area contributed by atoms with Crippen molar-refractivity contribution in [2.75, 3.05) is 5.32 Å². The number of phenols is 1. The van der Waals surface area contributed by atoms with Crippen LogP contribution in [0, 0.1) is 0 Å². The van der Waals surface area contributed by atoms with Crippen molar-refractivity contribution in [2.24, 2.45) is 0 Å². The standard InChI is InChI=1S/C15H11BrN2OS/c16-10-5-7-11(8-6-10)17-15-18-13(9-20-15)12-3-1-2-4-14(12)19/h1-9,19H,(H,17,18). The summed E-state index contributed by atoms with van der Waals surface area (Å²) in [7, 11) is 0. The predicted octanol–water partition coefficient (Wildman–Crippen LogP) is 5.02. The molecule has 0 bridgehead atoms. The molecule has 2 N–H and O–H groups in total. The second kappa shape index (κ2) is 5.64. The van der Waals surface area contributed by atoms with Crippen LogP contribution in [0.2, 0.25) is 0 Å². The van der Waals surface area contributed by atoms with Crippen LogP contribution in [0.4, 0.5) is 10.8 Å². The van der Waals surface area contributed by atoms with Crippen molar-refractivity contribution < 1.29 is 5.11 Å². The van der Waals surface area contributed by atoms with E-state index in [2.05, 4.69) is 26.2 Å². The van der Waals surface area contributed by atoms with Gasteiger partial charge in [0, 0.05) is 21.1 Å². The molecule has 5 heteroatoms. The number of hydrogen-bond donors (Lipinski definition) is 2.